The van der Waals surface area contributed by atoms with Gasteiger partial charge in [0.1, 0.15) is 5.75 Å². The van der Waals surface area contributed by atoms with E-state index in [1.165, 1.54) is 18.6 Å². The summed E-state index contributed by atoms with van der Waals surface area (Å²) in [6, 6.07) is 6.11. The van der Waals surface area contributed by atoms with Gasteiger partial charge in [0.05, 0.1) is 4.90 Å². The van der Waals surface area contributed by atoms with Crippen LogP contribution < -0.4 is 10.2 Å². The molecular weight excluding hydrogens is 352 g/mol. The second-order valence-corrected chi connectivity index (χ2v) is 10.1. The van der Waals surface area contributed by atoms with Crippen LogP contribution in [0.25, 0.3) is 0 Å². The van der Waals surface area contributed by atoms with Crippen LogP contribution in [0.1, 0.15) is 40.0 Å². The molecule has 0 saturated heterocycles. The largest absolute Gasteiger partial charge is 0.484 e. The normalized spacial score (nSPS) is 28.3. The molecule has 2 aliphatic carbocycles. The number of hydrogen-bond donors (Lipinski definition) is 1. The molecular formula is C19H26N2O4S. The first-order valence-electron chi connectivity index (χ1n) is 8.83. The van der Waals surface area contributed by atoms with Crippen molar-refractivity contribution in [3.8, 4) is 5.75 Å². The van der Waals surface area contributed by atoms with Gasteiger partial charge in [-0.3, -0.25) is 4.79 Å². The Bertz CT molecular complexity index is 860. The van der Waals surface area contributed by atoms with E-state index in [9.17, 15) is 13.2 Å². The summed E-state index contributed by atoms with van der Waals surface area (Å²) in [4.78, 5) is 12.2. The number of nitrogens with one attached hydrogen (secondary N) is 1. The van der Waals surface area contributed by atoms with Crippen molar-refractivity contribution in [2.45, 2.75) is 44.9 Å². The maximum absolute atomic E-state index is 12.1. The molecule has 2 bridgehead atoms. The van der Waals surface area contributed by atoms with E-state index in [4.69, 9.17) is 4.74 Å². The lowest BCUT2D eigenvalue weighted by Gasteiger charge is -2.34. The predicted octanol–water partition coefficient (Wildman–Crippen LogP) is 2.79. The molecule has 6 nitrogen and oxygen atoms in total. The number of benzene rings is 1. The summed E-state index contributed by atoms with van der Waals surface area (Å²) in [5.41, 5.74) is 3.90. The third-order valence-corrected chi connectivity index (χ3v) is 7.54. The molecule has 1 N–H and O–H groups in total. The van der Waals surface area contributed by atoms with Gasteiger partial charge in [-0.05, 0) is 48.8 Å². The van der Waals surface area contributed by atoms with E-state index in [1.807, 2.05) is 0 Å². The van der Waals surface area contributed by atoms with Crippen molar-refractivity contribution < 1.29 is 17.9 Å². The average Bonchev–Trinajstić information content (AvgIpc) is 2.91. The molecule has 0 aromatic heterocycles. The van der Waals surface area contributed by atoms with Crippen molar-refractivity contribution in [1.82, 2.24) is 5.43 Å². The summed E-state index contributed by atoms with van der Waals surface area (Å²) in [7, 11) is -3.31. The molecule has 0 radical (unpaired) electrons. The van der Waals surface area contributed by atoms with Crippen molar-refractivity contribution in [2.75, 3.05) is 12.9 Å². The van der Waals surface area contributed by atoms with Gasteiger partial charge in [-0.2, -0.15) is 5.10 Å². The van der Waals surface area contributed by atoms with Crippen molar-refractivity contribution in [2.24, 2.45) is 21.8 Å². The molecule has 3 rings (SSSR count). The Morgan fingerprint density at radius 2 is 2.08 bits per heavy atom. The van der Waals surface area contributed by atoms with Gasteiger partial charge in [0, 0.05) is 17.4 Å². The number of hydrazone groups is 1. The topological polar surface area (TPSA) is 84.8 Å². The summed E-state index contributed by atoms with van der Waals surface area (Å²) >= 11 is 0. The highest BCUT2D eigenvalue weighted by Gasteiger charge is 2.59. The summed E-state index contributed by atoms with van der Waals surface area (Å²) in [5.74, 6) is 0.605. The monoisotopic (exact) mass is 378 g/mol. The van der Waals surface area contributed by atoms with Gasteiger partial charge < -0.3 is 4.74 Å². The molecule has 2 atom stereocenters. The van der Waals surface area contributed by atoms with Crippen LogP contribution in [0.5, 0.6) is 5.75 Å². The minimum absolute atomic E-state index is 0.0373. The Labute approximate surface area is 154 Å². The van der Waals surface area contributed by atoms with Crippen LogP contribution in [0.15, 0.2) is 34.3 Å². The van der Waals surface area contributed by atoms with Crippen molar-refractivity contribution in [3.05, 3.63) is 24.3 Å². The first-order valence-corrected chi connectivity index (χ1v) is 10.7. The van der Waals surface area contributed by atoms with Gasteiger partial charge in [0.15, 0.2) is 16.4 Å². The van der Waals surface area contributed by atoms with Crippen LogP contribution in [-0.4, -0.2) is 32.9 Å². The molecule has 1 aromatic carbocycles. The molecule has 1 amide bonds. The van der Waals surface area contributed by atoms with Crippen molar-refractivity contribution >= 4 is 21.5 Å². The summed E-state index contributed by atoms with van der Waals surface area (Å²) in [5, 5.41) is 4.38. The smallest absolute Gasteiger partial charge is 0.277 e. The quantitative estimate of drug-likeness (QED) is 0.799. The Morgan fingerprint density at radius 3 is 2.65 bits per heavy atom. The van der Waals surface area contributed by atoms with Crippen LogP contribution in [0, 0.1) is 16.7 Å². The fourth-order valence-electron chi connectivity index (χ4n) is 4.20. The second kappa shape index (κ2) is 6.37. The highest BCUT2D eigenvalue weighted by Crippen LogP contribution is 2.63. The Kier molecular flexibility index (Phi) is 4.63. The van der Waals surface area contributed by atoms with E-state index in [1.54, 1.807) is 12.1 Å². The fraction of sp³-hybridized carbons (Fsp3) is 0.579. The number of fused-ring (bicyclic) bond motifs is 2. The van der Waals surface area contributed by atoms with Crippen LogP contribution in [-0.2, 0) is 14.6 Å². The number of amides is 1. The second-order valence-electron chi connectivity index (χ2n) is 8.12. The van der Waals surface area contributed by atoms with Crippen LogP contribution in [0.4, 0.5) is 0 Å². The Hall–Kier alpha value is -1.89. The molecule has 0 heterocycles. The number of carbonyl (C=O) groups is 1. The van der Waals surface area contributed by atoms with Crippen molar-refractivity contribution in [3.63, 3.8) is 0 Å². The zero-order valence-electron chi connectivity index (χ0n) is 15.7. The lowest BCUT2D eigenvalue weighted by Crippen LogP contribution is -2.35. The van der Waals surface area contributed by atoms with Crippen molar-refractivity contribution in [1.29, 1.82) is 0 Å². The lowest BCUT2D eigenvalue weighted by atomic mass is 9.70. The summed E-state index contributed by atoms with van der Waals surface area (Å²) in [6.45, 7) is 6.59. The lowest BCUT2D eigenvalue weighted by molar-refractivity contribution is -0.123. The standard InChI is InChI=1S/C19H26N2O4S/c1-18(2)13-8-9-19(18,3)16(10-13)20-21-17(22)12-25-14-6-5-7-15(11-14)26(4,23)24/h5-7,11,13H,8-10,12H2,1-4H3,(H,21,22)/b20-16+. The number of ether oxygens (including phenoxy) is 1. The molecule has 26 heavy (non-hydrogen) atoms. The van der Waals surface area contributed by atoms with Gasteiger partial charge in [0.2, 0.25) is 0 Å². The molecule has 2 aliphatic rings. The molecule has 2 fully saturated rings. The van der Waals surface area contributed by atoms with Gasteiger partial charge in [0.25, 0.3) is 5.91 Å². The van der Waals surface area contributed by atoms with Gasteiger partial charge in [-0.1, -0.05) is 26.8 Å². The minimum Gasteiger partial charge on any atom is -0.484 e. The maximum atomic E-state index is 12.1. The fourth-order valence-corrected chi connectivity index (χ4v) is 4.86. The average molecular weight is 378 g/mol. The molecule has 2 saturated carbocycles. The number of rotatable bonds is 5. The minimum atomic E-state index is -3.31. The summed E-state index contributed by atoms with van der Waals surface area (Å²) in [6.07, 6.45) is 4.39. The van der Waals surface area contributed by atoms with E-state index in [-0.39, 0.29) is 28.2 Å². The van der Waals surface area contributed by atoms with Crippen LogP contribution in [0.2, 0.25) is 0 Å². The molecule has 2 unspecified atom stereocenters. The van der Waals surface area contributed by atoms with Crippen LogP contribution in [0.3, 0.4) is 0 Å². The maximum Gasteiger partial charge on any atom is 0.277 e. The van der Waals surface area contributed by atoms with Crippen LogP contribution >= 0.6 is 0 Å². The SMILES string of the molecule is CC12CCC(C/C1=N\NC(=O)COc1cccc(S(C)(=O)=O)c1)C2(C)C. The van der Waals surface area contributed by atoms with E-state index < -0.39 is 9.84 Å². The number of hydrogen-bond acceptors (Lipinski definition) is 5. The molecule has 7 heteroatoms. The Morgan fingerprint density at radius 1 is 1.35 bits per heavy atom. The molecule has 0 aliphatic heterocycles. The number of carbonyl (C=O) groups excluding carboxylic acids is 1. The molecule has 0 spiro atoms. The van der Waals surface area contributed by atoms with E-state index >= 15 is 0 Å². The Balaban J connectivity index is 1.59. The van der Waals surface area contributed by atoms with E-state index in [0.29, 0.717) is 11.7 Å². The third kappa shape index (κ3) is 3.24. The van der Waals surface area contributed by atoms with E-state index in [2.05, 4.69) is 31.3 Å². The summed E-state index contributed by atoms with van der Waals surface area (Å²) < 4.78 is 28.5. The third-order valence-electron chi connectivity index (χ3n) is 6.43. The van der Waals surface area contributed by atoms with Gasteiger partial charge in [-0.15, -0.1) is 0 Å². The highest BCUT2D eigenvalue weighted by atomic mass is 32.2. The van der Waals surface area contributed by atoms with Gasteiger partial charge >= 0.3 is 0 Å². The predicted molar refractivity (Wildman–Crippen MR) is 99.9 cm³/mol. The number of sulfone groups is 1. The van der Waals surface area contributed by atoms with E-state index in [0.717, 1.165) is 24.8 Å². The highest BCUT2D eigenvalue weighted by molar-refractivity contribution is 7.90. The first kappa shape index (κ1) is 18.9. The molecule has 142 valence electrons. The zero-order chi connectivity index (χ0) is 19.2. The number of nitrogens with zero attached hydrogens (tertiary/aromatic N) is 1. The zero-order valence-corrected chi connectivity index (χ0v) is 16.5. The first-order chi connectivity index (χ1) is 12.0. The molecule has 1 aromatic rings. The van der Waals surface area contributed by atoms with Gasteiger partial charge in [-0.25, -0.2) is 13.8 Å².